The van der Waals surface area contributed by atoms with Crippen LogP contribution in [0.4, 0.5) is 0 Å². The number of amides is 1. The van der Waals surface area contributed by atoms with E-state index in [9.17, 15) is 4.79 Å². The van der Waals surface area contributed by atoms with E-state index < -0.39 is 0 Å². The number of halogens is 1. The molecule has 1 aromatic carbocycles. The van der Waals surface area contributed by atoms with Crippen LogP contribution in [0.1, 0.15) is 18.4 Å². The first-order valence-corrected chi connectivity index (χ1v) is 8.90. The van der Waals surface area contributed by atoms with E-state index in [0.717, 1.165) is 41.7 Å². The second-order valence-corrected chi connectivity index (χ2v) is 6.76. The summed E-state index contributed by atoms with van der Waals surface area (Å²) < 4.78 is 5.51. The lowest BCUT2D eigenvalue weighted by atomic mass is 10.1. The molecule has 0 N–H and O–H groups in total. The third-order valence-corrected chi connectivity index (χ3v) is 4.97. The fourth-order valence-electron chi connectivity index (χ4n) is 2.99. The second kappa shape index (κ2) is 6.32. The van der Waals surface area contributed by atoms with Crippen molar-refractivity contribution in [2.45, 2.75) is 25.3 Å². The average Bonchev–Trinajstić information content (AvgIpc) is 3.06. The summed E-state index contributed by atoms with van der Waals surface area (Å²) in [5.41, 5.74) is 1.69. The summed E-state index contributed by atoms with van der Waals surface area (Å²) in [4.78, 5) is 14.6. The molecule has 3 nitrogen and oxygen atoms in total. The third-order valence-electron chi connectivity index (χ3n) is 4.02. The summed E-state index contributed by atoms with van der Waals surface area (Å²) in [7, 11) is 0. The van der Waals surface area contributed by atoms with Crippen LogP contribution in [0.15, 0.2) is 28.9 Å². The highest BCUT2D eigenvalue weighted by molar-refractivity contribution is 7.98. The number of carbonyl (C=O) groups is 1. The molecule has 0 saturated carbocycles. The first-order chi connectivity index (χ1) is 10.2. The molecule has 112 valence electrons. The fourth-order valence-corrected chi connectivity index (χ4v) is 3.88. The van der Waals surface area contributed by atoms with E-state index in [1.807, 2.05) is 17.0 Å². The van der Waals surface area contributed by atoms with Gasteiger partial charge in [0, 0.05) is 34.3 Å². The topological polar surface area (TPSA) is 33.5 Å². The van der Waals surface area contributed by atoms with E-state index in [0.29, 0.717) is 17.5 Å². The molecular weight excluding hydrogens is 306 g/mol. The van der Waals surface area contributed by atoms with Gasteiger partial charge >= 0.3 is 0 Å². The van der Waals surface area contributed by atoms with E-state index in [2.05, 4.69) is 6.26 Å². The molecule has 21 heavy (non-hydrogen) atoms. The van der Waals surface area contributed by atoms with Crippen LogP contribution < -0.4 is 0 Å². The molecule has 0 spiro atoms. The SMILES string of the molecule is CSCC1CCCN1C(=O)Cc1coc2cc(Cl)ccc12. The lowest BCUT2D eigenvalue weighted by Crippen LogP contribution is -2.37. The van der Waals surface area contributed by atoms with Crippen molar-refractivity contribution in [3.8, 4) is 0 Å². The van der Waals surface area contributed by atoms with Crippen molar-refractivity contribution in [3.63, 3.8) is 0 Å². The summed E-state index contributed by atoms with van der Waals surface area (Å²) in [5, 5.41) is 1.63. The van der Waals surface area contributed by atoms with Crippen molar-refractivity contribution >= 4 is 40.2 Å². The van der Waals surface area contributed by atoms with Gasteiger partial charge in [0.2, 0.25) is 5.91 Å². The summed E-state index contributed by atoms with van der Waals surface area (Å²) >= 11 is 7.76. The van der Waals surface area contributed by atoms with Gasteiger partial charge in [0.25, 0.3) is 0 Å². The van der Waals surface area contributed by atoms with Gasteiger partial charge in [-0.15, -0.1) is 0 Å². The lowest BCUT2D eigenvalue weighted by molar-refractivity contribution is -0.130. The maximum Gasteiger partial charge on any atom is 0.227 e. The Bertz CT molecular complexity index is 655. The summed E-state index contributed by atoms with van der Waals surface area (Å²) in [6, 6.07) is 5.93. The zero-order valence-corrected chi connectivity index (χ0v) is 13.5. The zero-order valence-electron chi connectivity index (χ0n) is 12.0. The summed E-state index contributed by atoms with van der Waals surface area (Å²) in [6.07, 6.45) is 6.40. The minimum atomic E-state index is 0.198. The first-order valence-electron chi connectivity index (χ1n) is 7.13. The molecule has 2 heterocycles. The Hall–Kier alpha value is -1.13. The number of likely N-dealkylation sites (tertiary alicyclic amines) is 1. The molecule has 1 amide bonds. The van der Waals surface area contributed by atoms with Gasteiger partial charge in [-0.1, -0.05) is 11.6 Å². The van der Waals surface area contributed by atoms with Crippen molar-refractivity contribution in [2.24, 2.45) is 0 Å². The van der Waals surface area contributed by atoms with Crippen molar-refractivity contribution in [3.05, 3.63) is 35.0 Å². The van der Waals surface area contributed by atoms with Gasteiger partial charge in [-0.3, -0.25) is 4.79 Å². The first kappa shape index (κ1) is 14.8. The highest BCUT2D eigenvalue weighted by Crippen LogP contribution is 2.27. The molecule has 1 fully saturated rings. The lowest BCUT2D eigenvalue weighted by Gasteiger charge is -2.24. The molecule has 1 aromatic heterocycles. The van der Waals surface area contributed by atoms with Crippen LogP contribution in [0.2, 0.25) is 5.02 Å². The number of hydrogen-bond acceptors (Lipinski definition) is 3. The number of hydrogen-bond donors (Lipinski definition) is 0. The van der Waals surface area contributed by atoms with Gasteiger partial charge in [0.05, 0.1) is 12.7 Å². The number of nitrogens with zero attached hydrogens (tertiary/aromatic N) is 1. The van der Waals surface area contributed by atoms with Crippen LogP contribution >= 0.6 is 23.4 Å². The number of benzene rings is 1. The average molecular weight is 324 g/mol. The van der Waals surface area contributed by atoms with Crippen molar-refractivity contribution < 1.29 is 9.21 Å². The molecule has 1 aliphatic heterocycles. The van der Waals surface area contributed by atoms with Crippen LogP contribution in [-0.2, 0) is 11.2 Å². The molecule has 0 aliphatic carbocycles. The van der Waals surface area contributed by atoms with Crippen molar-refractivity contribution in [1.29, 1.82) is 0 Å². The van der Waals surface area contributed by atoms with Gasteiger partial charge in [0.15, 0.2) is 0 Å². The van der Waals surface area contributed by atoms with E-state index in [1.165, 1.54) is 0 Å². The molecule has 1 saturated heterocycles. The van der Waals surface area contributed by atoms with E-state index in [4.69, 9.17) is 16.0 Å². The van der Waals surface area contributed by atoms with Crippen LogP contribution in [0, 0.1) is 0 Å². The van der Waals surface area contributed by atoms with Gasteiger partial charge in [0.1, 0.15) is 5.58 Å². The predicted molar refractivity (Wildman–Crippen MR) is 88.0 cm³/mol. The van der Waals surface area contributed by atoms with Crippen molar-refractivity contribution in [2.75, 3.05) is 18.6 Å². The molecule has 0 bridgehead atoms. The molecule has 3 rings (SSSR count). The Labute approximate surface area is 133 Å². The number of furan rings is 1. The highest BCUT2D eigenvalue weighted by atomic mass is 35.5. The van der Waals surface area contributed by atoms with E-state index >= 15 is 0 Å². The molecule has 5 heteroatoms. The molecule has 1 atom stereocenters. The van der Waals surface area contributed by atoms with Gasteiger partial charge in [-0.2, -0.15) is 11.8 Å². The molecule has 1 aliphatic rings. The molecule has 2 aromatic rings. The molecular formula is C16H18ClNO2S. The number of thioether (sulfide) groups is 1. The van der Waals surface area contributed by atoms with Crippen LogP contribution in [-0.4, -0.2) is 35.4 Å². The fraction of sp³-hybridized carbons (Fsp3) is 0.438. The Morgan fingerprint density at radius 3 is 3.19 bits per heavy atom. The smallest absolute Gasteiger partial charge is 0.227 e. The minimum absolute atomic E-state index is 0.198. The van der Waals surface area contributed by atoms with Gasteiger partial charge < -0.3 is 9.32 Å². The van der Waals surface area contributed by atoms with Crippen molar-refractivity contribution in [1.82, 2.24) is 4.90 Å². The summed E-state index contributed by atoms with van der Waals surface area (Å²) in [5.74, 6) is 1.22. The normalized spacial score (nSPS) is 18.6. The van der Waals surface area contributed by atoms with Gasteiger partial charge in [-0.25, -0.2) is 0 Å². The van der Waals surface area contributed by atoms with E-state index in [1.54, 1.807) is 24.1 Å². The third kappa shape index (κ3) is 3.06. The predicted octanol–water partition coefficient (Wildman–Crippen LogP) is 3.98. The maximum absolute atomic E-state index is 12.6. The monoisotopic (exact) mass is 323 g/mol. The quantitative estimate of drug-likeness (QED) is 0.853. The highest BCUT2D eigenvalue weighted by Gasteiger charge is 2.28. The standard InChI is InChI=1S/C16H18ClNO2S/c1-21-10-13-3-2-6-18(13)16(19)7-11-9-20-15-8-12(17)4-5-14(11)15/h4-5,8-9,13H,2-3,6-7,10H2,1H3. The summed E-state index contributed by atoms with van der Waals surface area (Å²) in [6.45, 7) is 0.881. The van der Waals surface area contributed by atoms with Crippen LogP contribution in [0.5, 0.6) is 0 Å². The Balaban J connectivity index is 1.77. The molecule has 0 radical (unpaired) electrons. The van der Waals surface area contributed by atoms with Gasteiger partial charge in [-0.05, 0) is 37.3 Å². The Kier molecular flexibility index (Phi) is 4.45. The molecule has 1 unspecified atom stereocenters. The number of carbonyl (C=O) groups excluding carboxylic acids is 1. The largest absolute Gasteiger partial charge is 0.464 e. The number of fused-ring (bicyclic) bond motifs is 1. The van der Waals surface area contributed by atoms with Crippen LogP contribution in [0.25, 0.3) is 11.0 Å². The van der Waals surface area contributed by atoms with E-state index in [-0.39, 0.29) is 5.91 Å². The minimum Gasteiger partial charge on any atom is -0.464 e. The Morgan fingerprint density at radius 2 is 2.38 bits per heavy atom. The number of rotatable bonds is 4. The Morgan fingerprint density at radius 1 is 1.52 bits per heavy atom. The zero-order chi connectivity index (χ0) is 14.8. The van der Waals surface area contributed by atoms with Crippen LogP contribution in [0.3, 0.4) is 0 Å². The maximum atomic E-state index is 12.6. The second-order valence-electron chi connectivity index (χ2n) is 5.42.